The molecule has 1 fully saturated rings. The minimum Gasteiger partial charge on any atom is -0.353 e. The van der Waals surface area contributed by atoms with Gasteiger partial charge in [-0.25, -0.2) is 0 Å². The highest BCUT2D eigenvalue weighted by Crippen LogP contribution is 2.42. The zero-order valence-corrected chi connectivity index (χ0v) is 12.7. The van der Waals surface area contributed by atoms with Gasteiger partial charge in [0.2, 0.25) is 5.91 Å². The first-order valence-corrected chi connectivity index (χ1v) is 7.65. The van der Waals surface area contributed by atoms with E-state index in [1.807, 2.05) is 31.2 Å². The molecular formula is C16H23ClN2O. The number of hydrogen-bond acceptors (Lipinski definition) is 2. The predicted octanol–water partition coefficient (Wildman–Crippen LogP) is 2.91. The first-order chi connectivity index (χ1) is 9.54. The summed E-state index contributed by atoms with van der Waals surface area (Å²) in [5.74, 6) is 0.106. The van der Waals surface area contributed by atoms with Crippen LogP contribution in [-0.2, 0) is 11.2 Å². The summed E-state index contributed by atoms with van der Waals surface area (Å²) in [6.07, 6.45) is 4.66. The zero-order chi connectivity index (χ0) is 14.6. The Labute approximate surface area is 125 Å². The lowest BCUT2D eigenvalue weighted by molar-refractivity contribution is -0.125. The first kappa shape index (κ1) is 15.3. The highest BCUT2D eigenvalue weighted by molar-refractivity contribution is 6.31. The molecule has 0 saturated heterocycles. The van der Waals surface area contributed by atoms with E-state index < -0.39 is 0 Å². The molecule has 0 aromatic heterocycles. The molecule has 0 bridgehead atoms. The van der Waals surface area contributed by atoms with Gasteiger partial charge in [0.25, 0.3) is 0 Å². The van der Waals surface area contributed by atoms with Gasteiger partial charge in [0.05, 0.1) is 0 Å². The number of nitrogens with one attached hydrogen (secondary N) is 1. The maximum absolute atomic E-state index is 12.1. The zero-order valence-electron chi connectivity index (χ0n) is 12.0. The van der Waals surface area contributed by atoms with Gasteiger partial charge in [0.1, 0.15) is 0 Å². The van der Waals surface area contributed by atoms with Gasteiger partial charge >= 0.3 is 0 Å². The number of amides is 1. The number of hydrogen-bond donors (Lipinski definition) is 2. The van der Waals surface area contributed by atoms with E-state index in [0.29, 0.717) is 13.0 Å². The van der Waals surface area contributed by atoms with Crippen LogP contribution in [0.5, 0.6) is 0 Å². The third-order valence-electron chi connectivity index (χ3n) is 4.27. The molecule has 0 heterocycles. The fourth-order valence-electron chi connectivity index (χ4n) is 2.84. The van der Waals surface area contributed by atoms with E-state index >= 15 is 0 Å². The van der Waals surface area contributed by atoms with Crippen molar-refractivity contribution in [2.45, 2.75) is 45.1 Å². The minimum atomic E-state index is 0.0637. The molecular weight excluding hydrogens is 272 g/mol. The van der Waals surface area contributed by atoms with Gasteiger partial charge in [-0.2, -0.15) is 0 Å². The molecule has 1 aliphatic carbocycles. The first-order valence-electron chi connectivity index (χ1n) is 7.27. The van der Waals surface area contributed by atoms with Crippen molar-refractivity contribution in [3.8, 4) is 0 Å². The Morgan fingerprint density at radius 1 is 1.45 bits per heavy atom. The number of benzene rings is 1. The van der Waals surface area contributed by atoms with Crippen LogP contribution in [0.1, 0.15) is 38.2 Å². The summed E-state index contributed by atoms with van der Waals surface area (Å²) in [6, 6.07) is 7.84. The molecule has 1 atom stereocenters. The average molecular weight is 295 g/mol. The van der Waals surface area contributed by atoms with Crippen LogP contribution in [0.25, 0.3) is 0 Å². The number of rotatable bonds is 6. The molecule has 2 rings (SSSR count). The molecule has 3 N–H and O–H groups in total. The topological polar surface area (TPSA) is 55.1 Å². The molecule has 110 valence electrons. The van der Waals surface area contributed by atoms with E-state index in [1.165, 1.54) is 6.42 Å². The summed E-state index contributed by atoms with van der Waals surface area (Å²) in [5, 5.41) is 3.82. The van der Waals surface area contributed by atoms with Crippen LogP contribution in [0.4, 0.5) is 0 Å². The van der Waals surface area contributed by atoms with Gasteiger partial charge < -0.3 is 11.1 Å². The molecule has 1 amide bonds. The maximum atomic E-state index is 12.1. The van der Waals surface area contributed by atoms with Crippen molar-refractivity contribution in [3.63, 3.8) is 0 Å². The highest BCUT2D eigenvalue weighted by Gasteiger charge is 2.37. The van der Waals surface area contributed by atoms with Crippen molar-refractivity contribution in [2.75, 3.05) is 6.54 Å². The third-order valence-corrected chi connectivity index (χ3v) is 4.64. The molecule has 0 aliphatic heterocycles. The molecule has 0 spiro atoms. The molecule has 1 aromatic carbocycles. The van der Waals surface area contributed by atoms with Gasteiger partial charge in [0.15, 0.2) is 0 Å². The summed E-state index contributed by atoms with van der Waals surface area (Å²) in [6.45, 7) is 2.62. The summed E-state index contributed by atoms with van der Waals surface area (Å²) in [7, 11) is 0. The van der Waals surface area contributed by atoms with Crippen LogP contribution in [-0.4, -0.2) is 18.5 Å². The molecule has 3 nitrogen and oxygen atoms in total. The smallest absolute Gasteiger partial charge is 0.220 e. The van der Waals surface area contributed by atoms with E-state index in [4.69, 9.17) is 17.3 Å². The average Bonchev–Trinajstić information content (AvgIpc) is 2.36. The largest absolute Gasteiger partial charge is 0.353 e. The maximum Gasteiger partial charge on any atom is 0.220 e. The molecule has 20 heavy (non-hydrogen) atoms. The second-order valence-electron chi connectivity index (χ2n) is 6.00. The van der Waals surface area contributed by atoms with Crippen LogP contribution in [0.15, 0.2) is 24.3 Å². The quantitative estimate of drug-likeness (QED) is 0.847. The number of nitrogens with two attached hydrogens (primary N) is 1. The molecule has 1 aromatic rings. The van der Waals surface area contributed by atoms with Crippen LogP contribution >= 0.6 is 11.6 Å². The molecule has 4 heteroatoms. The van der Waals surface area contributed by atoms with Gasteiger partial charge in [0, 0.05) is 17.5 Å². The normalized spacial score (nSPS) is 18.1. The van der Waals surface area contributed by atoms with Crippen LogP contribution in [0, 0.1) is 5.41 Å². The van der Waals surface area contributed by atoms with Crippen LogP contribution in [0.2, 0.25) is 5.02 Å². The van der Waals surface area contributed by atoms with Crippen molar-refractivity contribution in [1.29, 1.82) is 0 Å². The summed E-state index contributed by atoms with van der Waals surface area (Å²) >= 11 is 6.14. The van der Waals surface area contributed by atoms with Crippen molar-refractivity contribution in [2.24, 2.45) is 11.1 Å². The Morgan fingerprint density at radius 2 is 2.15 bits per heavy atom. The molecule has 1 saturated carbocycles. The molecule has 0 radical (unpaired) electrons. The van der Waals surface area contributed by atoms with E-state index in [0.717, 1.165) is 29.8 Å². The van der Waals surface area contributed by atoms with Gasteiger partial charge in [-0.15, -0.1) is 0 Å². The SMILES string of the molecule is CC(Cc1ccccc1Cl)NC(=O)CC1(CN)CCC1. The molecule has 1 unspecified atom stereocenters. The standard InChI is InChI=1S/C16H23ClN2O/c1-12(9-13-5-2-3-6-14(13)17)19-15(20)10-16(11-18)7-4-8-16/h2-3,5-6,12H,4,7-11,18H2,1H3,(H,19,20). The lowest BCUT2D eigenvalue weighted by Gasteiger charge is -2.40. The number of carbonyl (C=O) groups excluding carboxylic acids is 1. The number of halogens is 1. The Hall–Kier alpha value is -1.06. The number of carbonyl (C=O) groups is 1. The fraction of sp³-hybridized carbons (Fsp3) is 0.562. The highest BCUT2D eigenvalue weighted by atomic mass is 35.5. The van der Waals surface area contributed by atoms with Gasteiger partial charge in [-0.3, -0.25) is 4.79 Å². The summed E-state index contributed by atoms with van der Waals surface area (Å²) in [5.41, 5.74) is 6.93. The second-order valence-corrected chi connectivity index (χ2v) is 6.41. The van der Waals surface area contributed by atoms with E-state index in [-0.39, 0.29) is 17.4 Å². The molecule has 1 aliphatic rings. The summed E-state index contributed by atoms with van der Waals surface area (Å²) in [4.78, 5) is 12.1. The van der Waals surface area contributed by atoms with Gasteiger partial charge in [-0.05, 0) is 49.8 Å². The van der Waals surface area contributed by atoms with Crippen LogP contribution in [0.3, 0.4) is 0 Å². The van der Waals surface area contributed by atoms with E-state index in [9.17, 15) is 4.79 Å². The van der Waals surface area contributed by atoms with Crippen molar-refractivity contribution >= 4 is 17.5 Å². The summed E-state index contributed by atoms with van der Waals surface area (Å²) < 4.78 is 0. The Bertz CT molecular complexity index is 466. The third kappa shape index (κ3) is 3.74. The monoisotopic (exact) mass is 294 g/mol. The predicted molar refractivity (Wildman–Crippen MR) is 82.7 cm³/mol. The van der Waals surface area contributed by atoms with Crippen molar-refractivity contribution in [3.05, 3.63) is 34.9 Å². The van der Waals surface area contributed by atoms with Gasteiger partial charge in [-0.1, -0.05) is 36.2 Å². The minimum absolute atomic E-state index is 0.0637. The van der Waals surface area contributed by atoms with E-state index in [2.05, 4.69) is 5.32 Å². The van der Waals surface area contributed by atoms with Crippen LogP contribution < -0.4 is 11.1 Å². The van der Waals surface area contributed by atoms with E-state index in [1.54, 1.807) is 0 Å². The fourth-order valence-corrected chi connectivity index (χ4v) is 3.05. The second kappa shape index (κ2) is 6.59. The van der Waals surface area contributed by atoms with Crippen molar-refractivity contribution < 1.29 is 4.79 Å². The Kier molecular flexibility index (Phi) is 5.06. The van der Waals surface area contributed by atoms with Crippen molar-refractivity contribution in [1.82, 2.24) is 5.32 Å². The lowest BCUT2D eigenvalue weighted by atomic mass is 9.66. The Balaban J connectivity index is 1.84. The Morgan fingerprint density at radius 3 is 2.70 bits per heavy atom. The lowest BCUT2D eigenvalue weighted by Crippen LogP contribution is -2.44.